The van der Waals surface area contributed by atoms with Gasteiger partial charge in [-0.3, -0.25) is 4.79 Å². The topological polar surface area (TPSA) is 55.4 Å². The Labute approximate surface area is 112 Å². The largest absolute Gasteiger partial charge is 0.467 e. The molecule has 4 nitrogen and oxygen atoms in total. The third kappa shape index (κ3) is 3.65. The summed E-state index contributed by atoms with van der Waals surface area (Å²) in [5.74, 6) is -1.38. The van der Waals surface area contributed by atoms with Gasteiger partial charge in [0.25, 0.3) is 5.91 Å². The zero-order valence-corrected chi connectivity index (χ0v) is 11.4. The van der Waals surface area contributed by atoms with Gasteiger partial charge in [-0.25, -0.2) is 9.18 Å². The number of benzene rings is 1. The van der Waals surface area contributed by atoms with Gasteiger partial charge >= 0.3 is 5.97 Å². The van der Waals surface area contributed by atoms with Crippen LogP contribution in [0, 0.1) is 9.39 Å². The molecule has 17 heavy (non-hydrogen) atoms. The van der Waals surface area contributed by atoms with Gasteiger partial charge in [0.15, 0.2) is 0 Å². The van der Waals surface area contributed by atoms with Crippen LogP contribution < -0.4 is 5.32 Å². The average Bonchev–Trinajstić information content (AvgIpc) is 2.27. The van der Waals surface area contributed by atoms with Crippen molar-refractivity contribution in [2.75, 3.05) is 7.11 Å². The predicted molar refractivity (Wildman–Crippen MR) is 68.1 cm³/mol. The summed E-state index contributed by atoms with van der Waals surface area (Å²) in [6.07, 6.45) is 0. The van der Waals surface area contributed by atoms with E-state index in [4.69, 9.17) is 0 Å². The number of halogens is 2. The van der Waals surface area contributed by atoms with Crippen molar-refractivity contribution in [3.63, 3.8) is 0 Å². The van der Waals surface area contributed by atoms with Gasteiger partial charge in [-0.05, 0) is 47.7 Å². The summed E-state index contributed by atoms with van der Waals surface area (Å²) < 4.78 is 17.8. The van der Waals surface area contributed by atoms with Gasteiger partial charge in [0, 0.05) is 3.57 Å². The molecule has 1 aromatic rings. The summed E-state index contributed by atoms with van der Waals surface area (Å²) in [7, 11) is 1.24. The van der Waals surface area contributed by atoms with Gasteiger partial charge in [0.2, 0.25) is 0 Å². The molecule has 0 spiro atoms. The second-order valence-electron chi connectivity index (χ2n) is 3.34. The number of methoxy groups -OCH3 is 1. The molecule has 6 heteroatoms. The first-order chi connectivity index (χ1) is 7.95. The van der Waals surface area contributed by atoms with Crippen molar-refractivity contribution in [2.24, 2.45) is 0 Å². The second kappa shape index (κ2) is 5.95. The van der Waals surface area contributed by atoms with Gasteiger partial charge in [0.1, 0.15) is 11.9 Å². The van der Waals surface area contributed by atoms with Crippen molar-refractivity contribution >= 4 is 34.5 Å². The zero-order chi connectivity index (χ0) is 13.0. The standard InChI is InChI=1S/C11H11FINO3/c1-6(11(16)17-2)14-10(15)8-4-3-7(12)5-9(8)13/h3-6H,1-2H3,(H,14,15). The number of nitrogens with one attached hydrogen (secondary N) is 1. The minimum absolute atomic E-state index is 0.322. The molecule has 0 radical (unpaired) electrons. The molecule has 1 rings (SSSR count). The third-order valence-electron chi connectivity index (χ3n) is 2.08. The molecule has 0 aliphatic rings. The fourth-order valence-electron chi connectivity index (χ4n) is 1.18. The summed E-state index contributed by atoms with van der Waals surface area (Å²) >= 11 is 1.86. The number of rotatable bonds is 3. The molecule has 0 heterocycles. The number of carbonyl (C=O) groups is 2. The lowest BCUT2D eigenvalue weighted by Crippen LogP contribution is -2.39. The normalized spacial score (nSPS) is 11.8. The first-order valence-corrected chi connectivity index (χ1v) is 5.87. The van der Waals surface area contributed by atoms with E-state index in [1.54, 1.807) is 0 Å². The quantitative estimate of drug-likeness (QED) is 0.667. The molecule has 1 atom stereocenters. The molecule has 1 N–H and O–H groups in total. The van der Waals surface area contributed by atoms with Crippen molar-refractivity contribution in [3.8, 4) is 0 Å². The van der Waals surface area contributed by atoms with Crippen LogP contribution in [0.4, 0.5) is 4.39 Å². The van der Waals surface area contributed by atoms with Crippen molar-refractivity contribution in [1.82, 2.24) is 5.32 Å². The number of hydrogen-bond acceptors (Lipinski definition) is 3. The van der Waals surface area contributed by atoms with E-state index in [0.29, 0.717) is 9.13 Å². The minimum atomic E-state index is -0.742. The van der Waals surface area contributed by atoms with E-state index in [1.165, 1.54) is 32.2 Å². The van der Waals surface area contributed by atoms with Crippen LogP contribution in [0.2, 0.25) is 0 Å². The van der Waals surface area contributed by atoms with Crippen molar-refractivity contribution in [2.45, 2.75) is 13.0 Å². The molecule has 1 unspecified atom stereocenters. The highest BCUT2D eigenvalue weighted by Crippen LogP contribution is 2.13. The van der Waals surface area contributed by atoms with Crippen molar-refractivity contribution in [1.29, 1.82) is 0 Å². The van der Waals surface area contributed by atoms with E-state index in [0.717, 1.165) is 0 Å². The highest BCUT2D eigenvalue weighted by atomic mass is 127. The molecular formula is C11H11FINO3. The molecule has 0 saturated heterocycles. The van der Waals surface area contributed by atoms with Crippen LogP contribution in [-0.2, 0) is 9.53 Å². The van der Waals surface area contributed by atoms with Crippen LogP contribution in [-0.4, -0.2) is 25.0 Å². The van der Waals surface area contributed by atoms with Crippen molar-refractivity contribution < 1.29 is 18.7 Å². The number of ether oxygens (including phenoxy) is 1. The third-order valence-corrected chi connectivity index (χ3v) is 2.97. The Morgan fingerprint density at radius 2 is 2.12 bits per heavy atom. The summed E-state index contributed by atoms with van der Waals surface area (Å²) in [6.45, 7) is 1.51. The Morgan fingerprint density at radius 3 is 2.65 bits per heavy atom. The smallest absolute Gasteiger partial charge is 0.328 e. The maximum absolute atomic E-state index is 12.8. The SMILES string of the molecule is COC(=O)C(C)NC(=O)c1ccc(F)cc1I. The maximum Gasteiger partial charge on any atom is 0.328 e. The predicted octanol–water partition coefficient (Wildman–Crippen LogP) is 1.72. The van der Waals surface area contributed by atoms with Gasteiger partial charge in [-0.15, -0.1) is 0 Å². The molecule has 0 saturated carbocycles. The Bertz CT molecular complexity index is 450. The summed E-state index contributed by atoms with van der Waals surface area (Å²) in [4.78, 5) is 22.9. The van der Waals surface area contributed by atoms with Crippen LogP contribution in [0.5, 0.6) is 0 Å². The Kier molecular flexibility index (Phi) is 4.86. The lowest BCUT2D eigenvalue weighted by molar-refractivity contribution is -0.142. The lowest BCUT2D eigenvalue weighted by atomic mass is 10.2. The Balaban J connectivity index is 2.80. The molecule has 0 aromatic heterocycles. The van der Waals surface area contributed by atoms with Gasteiger partial charge in [-0.2, -0.15) is 0 Å². The average molecular weight is 351 g/mol. The lowest BCUT2D eigenvalue weighted by Gasteiger charge is -2.12. The van der Waals surface area contributed by atoms with Crippen LogP contribution in [0.1, 0.15) is 17.3 Å². The van der Waals surface area contributed by atoms with Gasteiger partial charge in [-0.1, -0.05) is 0 Å². The molecule has 92 valence electrons. The molecule has 0 fully saturated rings. The Hall–Kier alpha value is -1.18. The summed E-state index contributed by atoms with van der Waals surface area (Å²) in [6, 6.07) is 3.07. The van der Waals surface area contributed by atoms with E-state index in [9.17, 15) is 14.0 Å². The number of hydrogen-bond donors (Lipinski definition) is 1. The molecule has 0 bridgehead atoms. The van der Waals surface area contributed by atoms with E-state index in [1.807, 2.05) is 22.6 Å². The van der Waals surface area contributed by atoms with Crippen LogP contribution in [0.3, 0.4) is 0 Å². The van der Waals surface area contributed by atoms with E-state index in [2.05, 4.69) is 10.1 Å². The van der Waals surface area contributed by atoms with Gasteiger partial charge < -0.3 is 10.1 Å². The molecule has 0 aliphatic carbocycles. The molecule has 1 aromatic carbocycles. The van der Waals surface area contributed by atoms with E-state index in [-0.39, 0.29) is 0 Å². The van der Waals surface area contributed by atoms with Crippen molar-refractivity contribution in [3.05, 3.63) is 33.1 Å². The fourth-order valence-corrected chi connectivity index (χ4v) is 1.91. The monoisotopic (exact) mass is 351 g/mol. The van der Waals surface area contributed by atoms with Crippen LogP contribution in [0.25, 0.3) is 0 Å². The fraction of sp³-hybridized carbons (Fsp3) is 0.273. The van der Waals surface area contributed by atoms with Crippen LogP contribution in [0.15, 0.2) is 18.2 Å². The van der Waals surface area contributed by atoms with Crippen LogP contribution >= 0.6 is 22.6 Å². The van der Waals surface area contributed by atoms with E-state index < -0.39 is 23.7 Å². The highest BCUT2D eigenvalue weighted by molar-refractivity contribution is 14.1. The number of esters is 1. The summed E-state index contributed by atoms with van der Waals surface area (Å²) in [5.41, 5.74) is 0.322. The first kappa shape index (κ1) is 13.9. The molecule has 1 amide bonds. The first-order valence-electron chi connectivity index (χ1n) is 4.79. The van der Waals surface area contributed by atoms with Gasteiger partial charge in [0.05, 0.1) is 12.7 Å². The molecular weight excluding hydrogens is 340 g/mol. The number of carbonyl (C=O) groups excluding carboxylic acids is 2. The minimum Gasteiger partial charge on any atom is -0.467 e. The Morgan fingerprint density at radius 1 is 1.47 bits per heavy atom. The summed E-state index contributed by atoms with van der Waals surface area (Å²) in [5, 5.41) is 2.47. The number of amides is 1. The highest BCUT2D eigenvalue weighted by Gasteiger charge is 2.18. The zero-order valence-electron chi connectivity index (χ0n) is 9.29. The second-order valence-corrected chi connectivity index (χ2v) is 4.50. The maximum atomic E-state index is 12.8. The molecule has 0 aliphatic heterocycles. The van der Waals surface area contributed by atoms with E-state index >= 15 is 0 Å².